The predicted octanol–water partition coefficient (Wildman–Crippen LogP) is 2.46. The average molecular weight is 244 g/mol. The summed E-state index contributed by atoms with van der Waals surface area (Å²) in [5.41, 5.74) is 3.53. The number of rotatable bonds is 6. The molecule has 1 heterocycles. The minimum absolute atomic E-state index is 0.121. The van der Waals surface area contributed by atoms with Crippen LogP contribution >= 0.6 is 0 Å². The molecule has 18 heavy (non-hydrogen) atoms. The number of aryl methyl sites for hydroxylation is 1. The molecule has 2 aromatic rings. The summed E-state index contributed by atoms with van der Waals surface area (Å²) >= 11 is 0. The largest absolute Gasteiger partial charge is 0.305 e. The van der Waals surface area contributed by atoms with Gasteiger partial charge in [0.25, 0.3) is 0 Å². The van der Waals surface area contributed by atoms with Crippen molar-refractivity contribution in [2.75, 3.05) is 6.54 Å². The zero-order chi connectivity index (χ0) is 12.8. The molecule has 0 amide bonds. The molecule has 0 saturated heterocycles. The van der Waals surface area contributed by atoms with Crippen LogP contribution in [0.2, 0.25) is 0 Å². The predicted molar refractivity (Wildman–Crippen MR) is 72.3 cm³/mol. The Morgan fingerprint density at radius 3 is 2.89 bits per heavy atom. The zero-order valence-corrected chi connectivity index (χ0v) is 11.0. The lowest BCUT2D eigenvalue weighted by atomic mass is 10.0. The van der Waals surface area contributed by atoms with E-state index in [0.717, 1.165) is 25.1 Å². The maximum atomic E-state index is 4.20. The van der Waals surface area contributed by atoms with E-state index in [-0.39, 0.29) is 6.04 Å². The molecule has 0 saturated carbocycles. The van der Waals surface area contributed by atoms with Crippen LogP contribution < -0.4 is 5.32 Å². The topological polar surface area (TPSA) is 53.6 Å². The molecule has 0 fully saturated rings. The quantitative estimate of drug-likeness (QED) is 0.820. The Morgan fingerprint density at radius 2 is 2.22 bits per heavy atom. The molecule has 4 heteroatoms. The zero-order valence-electron chi connectivity index (χ0n) is 11.0. The van der Waals surface area contributed by atoms with Gasteiger partial charge in [-0.15, -0.1) is 0 Å². The summed E-state index contributed by atoms with van der Waals surface area (Å²) in [5.74, 6) is 0. The Hall–Kier alpha value is -1.68. The third-order valence-corrected chi connectivity index (χ3v) is 3.02. The molecule has 0 aliphatic heterocycles. The van der Waals surface area contributed by atoms with Gasteiger partial charge in [-0.05, 0) is 30.5 Å². The molecule has 0 spiro atoms. The van der Waals surface area contributed by atoms with E-state index in [1.165, 1.54) is 11.1 Å². The van der Waals surface area contributed by atoms with Gasteiger partial charge in [-0.1, -0.05) is 38.1 Å². The van der Waals surface area contributed by atoms with Crippen molar-refractivity contribution >= 4 is 0 Å². The number of H-pyrrole nitrogens is 1. The fraction of sp³-hybridized carbons (Fsp3) is 0.429. The molecule has 0 aliphatic carbocycles. The number of hydrogen-bond donors (Lipinski definition) is 2. The third-order valence-electron chi connectivity index (χ3n) is 3.02. The molecule has 1 atom stereocenters. The Labute approximate surface area is 108 Å². The van der Waals surface area contributed by atoms with Gasteiger partial charge < -0.3 is 5.32 Å². The van der Waals surface area contributed by atoms with Crippen LogP contribution in [-0.2, 0) is 6.42 Å². The van der Waals surface area contributed by atoms with Gasteiger partial charge in [0.1, 0.15) is 5.69 Å². The van der Waals surface area contributed by atoms with Crippen LogP contribution in [0.25, 0.3) is 0 Å². The molecule has 0 radical (unpaired) electrons. The fourth-order valence-electron chi connectivity index (χ4n) is 2.02. The lowest BCUT2D eigenvalue weighted by Gasteiger charge is -2.17. The molecule has 0 bridgehead atoms. The Kier molecular flexibility index (Phi) is 4.47. The number of aromatic amines is 1. The summed E-state index contributed by atoms with van der Waals surface area (Å²) in [5, 5.41) is 14.3. The second kappa shape index (κ2) is 6.31. The van der Waals surface area contributed by atoms with E-state index in [9.17, 15) is 0 Å². The molecule has 1 unspecified atom stereocenters. The van der Waals surface area contributed by atoms with Crippen molar-refractivity contribution in [1.82, 2.24) is 20.7 Å². The first kappa shape index (κ1) is 12.8. The molecular formula is C14H20N4. The normalized spacial score (nSPS) is 12.6. The first-order valence-corrected chi connectivity index (χ1v) is 6.53. The van der Waals surface area contributed by atoms with E-state index >= 15 is 0 Å². The van der Waals surface area contributed by atoms with Crippen molar-refractivity contribution in [3.8, 4) is 0 Å². The van der Waals surface area contributed by atoms with Gasteiger partial charge >= 0.3 is 0 Å². The van der Waals surface area contributed by atoms with E-state index in [2.05, 4.69) is 58.8 Å². The number of benzene rings is 1. The van der Waals surface area contributed by atoms with Gasteiger partial charge in [-0.3, -0.25) is 0 Å². The minimum Gasteiger partial charge on any atom is -0.305 e. The Bertz CT molecular complexity index is 464. The number of nitrogens with one attached hydrogen (secondary N) is 2. The summed E-state index contributed by atoms with van der Waals surface area (Å²) in [4.78, 5) is 0. The lowest BCUT2D eigenvalue weighted by molar-refractivity contribution is 0.584. The van der Waals surface area contributed by atoms with Crippen molar-refractivity contribution in [3.63, 3.8) is 0 Å². The first-order chi connectivity index (χ1) is 8.85. The third kappa shape index (κ3) is 2.96. The van der Waals surface area contributed by atoms with Crippen molar-refractivity contribution < 1.29 is 0 Å². The molecule has 1 aromatic heterocycles. The van der Waals surface area contributed by atoms with Crippen LogP contribution in [0.3, 0.4) is 0 Å². The summed E-state index contributed by atoms with van der Waals surface area (Å²) in [6.45, 7) is 5.30. The molecule has 0 aliphatic rings. The van der Waals surface area contributed by atoms with Gasteiger partial charge in [0.2, 0.25) is 0 Å². The van der Waals surface area contributed by atoms with Crippen molar-refractivity contribution in [2.24, 2.45) is 0 Å². The molecule has 1 aromatic carbocycles. The molecule has 4 nitrogen and oxygen atoms in total. The highest BCUT2D eigenvalue weighted by Crippen LogP contribution is 2.20. The average Bonchev–Trinajstić information content (AvgIpc) is 2.93. The highest BCUT2D eigenvalue weighted by molar-refractivity contribution is 5.30. The van der Waals surface area contributed by atoms with Crippen molar-refractivity contribution in [3.05, 3.63) is 47.3 Å². The van der Waals surface area contributed by atoms with Gasteiger partial charge in [-0.25, -0.2) is 0 Å². The summed E-state index contributed by atoms with van der Waals surface area (Å²) < 4.78 is 0. The highest BCUT2D eigenvalue weighted by atomic mass is 15.3. The van der Waals surface area contributed by atoms with Crippen molar-refractivity contribution in [2.45, 2.75) is 32.7 Å². The molecule has 96 valence electrons. The number of hydrogen-bond acceptors (Lipinski definition) is 3. The van der Waals surface area contributed by atoms with Gasteiger partial charge in [0.05, 0.1) is 12.2 Å². The molecule has 2 N–H and O–H groups in total. The fourth-order valence-corrected chi connectivity index (χ4v) is 2.02. The second-order valence-corrected chi connectivity index (χ2v) is 4.38. The second-order valence-electron chi connectivity index (χ2n) is 4.38. The number of aromatic nitrogens is 3. The van der Waals surface area contributed by atoms with E-state index < -0.39 is 0 Å². The monoisotopic (exact) mass is 244 g/mol. The maximum Gasteiger partial charge on any atom is 0.104 e. The highest BCUT2D eigenvalue weighted by Gasteiger charge is 2.15. The Balaban J connectivity index is 2.27. The van der Waals surface area contributed by atoms with Gasteiger partial charge in [0.15, 0.2) is 0 Å². The summed E-state index contributed by atoms with van der Waals surface area (Å²) in [7, 11) is 0. The maximum absolute atomic E-state index is 4.20. The Morgan fingerprint density at radius 1 is 1.33 bits per heavy atom. The summed E-state index contributed by atoms with van der Waals surface area (Å²) in [6.07, 6.45) is 3.93. The standard InChI is InChI=1S/C14H20N4/c1-3-8-15-14(13-10-16-18-17-13)12-7-5-6-11(4-2)9-12/h5-7,9-10,14-15H,3-4,8H2,1-2H3,(H,16,17,18). The number of nitrogens with zero attached hydrogens (tertiary/aromatic N) is 2. The minimum atomic E-state index is 0.121. The van der Waals surface area contributed by atoms with Crippen LogP contribution in [0, 0.1) is 0 Å². The lowest BCUT2D eigenvalue weighted by Crippen LogP contribution is -2.23. The van der Waals surface area contributed by atoms with Gasteiger partial charge in [0, 0.05) is 0 Å². The summed E-state index contributed by atoms with van der Waals surface area (Å²) in [6, 6.07) is 8.76. The van der Waals surface area contributed by atoms with Gasteiger partial charge in [-0.2, -0.15) is 15.4 Å². The first-order valence-electron chi connectivity index (χ1n) is 6.53. The van der Waals surface area contributed by atoms with Crippen LogP contribution in [0.4, 0.5) is 0 Å². The molecule has 2 rings (SSSR count). The van der Waals surface area contributed by atoms with E-state index in [1.54, 1.807) is 6.20 Å². The van der Waals surface area contributed by atoms with Crippen molar-refractivity contribution in [1.29, 1.82) is 0 Å². The van der Waals surface area contributed by atoms with E-state index in [0.29, 0.717) is 0 Å². The van der Waals surface area contributed by atoms with E-state index in [1.807, 2.05) is 0 Å². The smallest absolute Gasteiger partial charge is 0.104 e. The van der Waals surface area contributed by atoms with E-state index in [4.69, 9.17) is 0 Å². The van der Waals surface area contributed by atoms with Crippen LogP contribution in [0.5, 0.6) is 0 Å². The van der Waals surface area contributed by atoms with Crippen LogP contribution in [0.15, 0.2) is 30.5 Å². The SMILES string of the molecule is CCCNC(c1cccc(CC)c1)c1cn[nH]n1. The molecular weight excluding hydrogens is 224 g/mol. The van der Waals surface area contributed by atoms with Crippen LogP contribution in [-0.4, -0.2) is 22.0 Å². The van der Waals surface area contributed by atoms with Crippen LogP contribution in [0.1, 0.15) is 43.1 Å².